The second-order valence-electron chi connectivity index (χ2n) is 6.99. The normalized spacial score (nSPS) is 11.8. The molecule has 2 heterocycles. The summed E-state index contributed by atoms with van der Waals surface area (Å²) in [7, 11) is 1.58. The van der Waals surface area contributed by atoms with Crippen molar-refractivity contribution < 1.29 is 13.9 Å². The van der Waals surface area contributed by atoms with Gasteiger partial charge in [0.25, 0.3) is 5.91 Å². The number of nitrogens with zero attached hydrogens (tertiary/aromatic N) is 2. The highest BCUT2D eigenvalue weighted by Gasteiger charge is 2.16. The largest absolute Gasteiger partial charge is 0.493 e. The number of amides is 1. The third kappa shape index (κ3) is 4.11. The molecule has 0 aliphatic heterocycles. The van der Waals surface area contributed by atoms with E-state index in [1.807, 2.05) is 42.5 Å². The number of anilines is 1. The number of hydrogen-bond donors (Lipinski definition) is 1. The smallest absolute Gasteiger partial charge is 0.262 e. The van der Waals surface area contributed by atoms with Gasteiger partial charge in [0.1, 0.15) is 5.56 Å². The van der Waals surface area contributed by atoms with Crippen LogP contribution in [0.1, 0.15) is 35.7 Å². The summed E-state index contributed by atoms with van der Waals surface area (Å²) in [5.74, 6) is 0.662. The van der Waals surface area contributed by atoms with Crippen LogP contribution >= 0.6 is 11.3 Å². The number of methoxy groups -OCH3 is 1. The van der Waals surface area contributed by atoms with E-state index < -0.39 is 0 Å². The third-order valence-corrected chi connectivity index (χ3v) is 5.33. The number of benzene rings is 2. The Labute approximate surface area is 177 Å². The van der Waals surface area contributed by atoms with Gasteiger partial charge in [0, 0.05) is 17.0 Å². The van der Waals surface area contributed by atoms with Gasteiger partial charge in [0.15, 0.2) is 16.5 Å². The van der Waals surface area contributed by atoms with Crippen LogP contribution < -0.4 is 15.6 Å². The van der Waals surface area contributed by atoms with Crippen molar-refractivity contribution in [1.29, 1.82) is 0 Å². The predicted molar refractivity (Wildman–Crippen MR) is 119 cm³/mol. The summed E-state index contributed by atoms with van der Waals surface area (Å²) in [5.41, 5.74) is 2.97. The Bertz CT molecular complexity index is 1240. The van der Waals surface area contributed by atoms with Crippen LogP contribution in [0.25, 0.3) is 11.0 Å². The molecular formula is C23H21N3O3S. The first-order valence-corrected chi connectivity index (χ1v) is 10.4. The Morgan fingerprint density at radius 2 is 2.00 bits per heavy atom. The summed E-state index contributed by atoms with van der Waals surface area (Å²) in [5, 5.41) is 5.85. The number of fused-ring (bicyclic) bond motifs is 1. The molecule has 7 heteroatoms. The molecule has 0 aliphatic rings. The first-order valence-electron chi connectivity index (χ1n) is 9.51. The molecule has 0 radical (unpaired) electrons. The van der Waals surface area contributed by atoms with Crippen LogP contribution in [0.2, 0.25) is 0 Å². The first-order chi connectivity index (χ1) is 14.5. The average molecular weight is 420 g/mol. The minimum Gasteiger partial charge on any atom is -0.493 e. The average Bonchev–Trinajstić information content (AvgIpc) is 3.26. The van der Waals surface area contributed by atoms with E-state index in [0.717, 1.165) is 5.39 Å². The zero-order chi connectivity index (χ0) is 21.1. The monoisotopic (exact) mass is 419 g/mol. The number of carbonyl (C=O) groups excluding carboxylic acids is 1. The minimum absolute atomic E-state index is 0.207. The number of hydrogen-bond acceptors (Lipinski definition) is 6. The number of aromatic nitrogens is 1. The van der Waals surface area contributed by atoms with Crippen molar-refractivity contribution in [2.75, 3.05) is 12.4 Å². The first kappa shape index (κ1) is 19.8. The van der Waals surface area contributed by atoms with Gasteiger partial charge in [-0.3, -0.25) is 10.1 Å². The van der Waals surface area contributed by atoms with Crippen LogP contribution in [0, 0.1) is 0 Å². The number of nitrogens with one attached hydrogen (secondary N) is 1. The lowest BCUT2D eigenvalue weighted by Crippen LogP contribution is -2.21. The van der Waals surface area contributed by atoms with Gasteiger partial charge >= 0.3 is 0 Å². The van der Waals surface area contributed by atoms with Crippen LogP contribution in [-0.2, 0) is 0 Å². The summed E-state index contributed by atoms with van der Waals surface area (Å²) >= 11 is 1.35. The standard InChI is InChI=1S/C23H21N3O3S/c1-14(2)15-7-9-17(10-8-15)25-22-18(21(27)26-23-24-11-12-30-23)13-16-5-4-6-19(28-3)20(16)29-22/h4-14H,1-3H3,(H,24,26,27). The fraction of sp³-hybridized carbons (Fsp3) is 0.174. The van der Waals surface area contributed by atoms with E-state index in [1.165, 1.54) is 16.9 Å². The number of para-hydroxylation sites is 1. The van der Waals surface area contributed by atoms with Crippen LogP contribution in [0.3, 0.4) is 0 Å². The van der Waals surface area contributed by atoms with Gasteiger partial charge in [-0.05, 0) is 35.7 Å². The fourth-order valence-electron chi connectivity index (χ4n) is 3.03. The van der Waals surface area contributed by atoms with Crippen molar-refractivity contribution in [3.05, 3.63) is 76.8 Å². The number of thiazole rings is 1. The Morgan fingerprint density at radius 1 is 1.20 bits per heavy atom. The summed E-state index contributed by atoms with van der Waals surface area (Å²) in [6.45, 7) is 4.27. The Morgan fingerprint density at radius 3 is 2.67 bits per heavy atom. The predicted octanol–water partition coefficient (Wildman–Crippen LogP) is 5.51. The van der Waals surface area contributed by atoms with Gasteiger partial charge < -0.3 is 9.15 Å². The van der Waals surface area contributed by atoms with E-state index in [9.17, 15) is 4.79 Å². The highest BCUT2D eigenvalue weighted by Crippen LogP contribution is 2.25. The minimum atomic E-state index is -0.337. The lowest BCUT2D eigenvalue weighted by Gasteiger charge is -2.08. The maximum atomic E-state index is 13.0. The summed E-state index contributed by atoms with van der Waals surface area (Å²) in [6, 6.07) is 15.2. The maximum absolute atomic E-state index is 13.0. The summed E-state index contributed by atoms with van der Waals surface area (Å²) in [6.07, 6.45) is 1.64. The highest BCUT2D eigenvalue weighted by atomic mass is 32.1. The molecule has 152 valence electrons. The van der Waals surface area contributed by atoms with Crippen molar-refractivity contribution in [2.24, 2.45) is 4.99 Å². The molecule has 0 atom stereocenters. The van der Waals surface area contributed by atoms with Crippen molar-refractivity contribution in [1.82, 2.24) is 4.98 Å². The molecule has 0 unspecified atom stereocenters. The lowest BCUT2D eigenvalue weighted by atomic mass is 10.0. The summed E-state index contributed by atoms with van der Waals surface area (Å²) < 4.78 is 11.5. The molecule has 0 fully saturated rings. The lowest BCUT2D eigenvalue weighted by molar-refractivity contribution is 0.102. The van der Waals surface area contributed by atoms with Gasteiger partial charge in [-0.1, -0.05) is 38.1 Å². The van der Waals surface area contributed by atoms with Crippen LogP contribution in [-0.4, -0.2) is 18.0 Å². The van der Waals surface area contributed by atoms with E-state index >= 15 is 0 Å². The molecule has 0 bridgehead atoms. The molecule has 4 rings (SSSR count). The molecule has 1 amide bonds. The number of carbonyl (C=O) groups is 1. The Kier molecular flexibility index (Phi) is 5.63. The van der Waals surface area contributed by atoms with Crippen molar-refractivity contribution in [2.45, 2.75) is 19.8 Å². The fourth-order valence-corrected chi connectivity index (χ4v) is 3.56. The van der Waals surface area contributed by atoms with E-state index in [0.29, 0.717) is 33.6 Å². The second kappa shape index (κ2) is 8.51. The van der Waals surface area contributed by atoms with E-state index in [2.05, 4.69) is 29.1 Å². The van der Waals surface area contributed by atoms with Gasteiger partial charge in [0.05, 0.1) is 12.8 Å². The van der Waals surface area contributed by atoms with Gasteiger partial charge in [-0.2, -0.15) is 0 Å². The molecule has 2 aromatic carbocycles. The molecule has 30 heavy (non-hydrogen) atoms. The number of ether oxygens (including phenoxy) is 1. The molecule has 0 spiro atoms. The zero-order valence-electron chi connectivity index (χ0n) is 16.9. The zero-order valence-corrected chi connectivity index (χ0v) is 17.7. The van der Waals surface area contributed by atoms with E-state index in [-0.39, 0.29) is 11.5 Å². The Balaban J connectivity index is 1.86. The molecule has 0 saturated carbocycles. The maximum Gasteiger partial charge on any atom is 0.262 e. The number of rotatable bonds is 5. The quantitative estimate of drug-likeness (QED) is 0.463. The van der Waals surface area contributed by atoms with Gasteiger partial charge in [0.2, 0.25) is 5.55 Å². The molecule has 0 aliphatic carbocycles. The molecule has 6 nitrogen and oxygen atoms in total. The summed E-state index contributed by atoms with van der Waals surface area (Å²) in [4.78, 5) is 21.7. The highest BCUT2D eigenvalue weighted by molar-refractivity contribution is 7.13. The van der Waals surface area contributed by atoms with Crippen LogP contribution in [0.5, 0.6) is 5.75 Å². The van der Waals surface area contributed by atoms with Crippen molar-refractivity contribution in [3.8, 4) is 5.75 Å². The van der Waals surface area contributed by atoms with Gasteiger partial charge in [-0.15, -0.1) is 11.3 Å². The van der Waals surface area contributed by atoms with Crippen molar-refractivity contribution in [3.63, 3.8) is 0 Å². The molecular weight excluding hydrogens is 398 g/mol. The molecule has 2 aromatic heterocycles. The van der Waals surface area contributed by atoms with Crippen molar-refractivity contribution >= 4 is 39.0 Å². The Hall–Kier alpha value is -3.45. The molecule has 0 saturated heterocycles. The van der Waals surface area contributed by atoms with Crippen LogP contribution in [0.4, 0.5) is 10.8 Å². The molecule has 1 N–H and O–H groups in total. The van der Waals surface area contributed by atoms with E-state index in [1.54, 1.807) is 24.8 Å². The third-order valence-electron chi connectivity index (χ3n) is 4.65. The van der Waals surface area contributed by atoms with Crippen LogP contribution in [0.15, 0.2) is 69.5 Å². The van der Waals surface area contributed by atoms with Gasteiger partial charge in [-0.25, -0.2) is 9.98 Å². The SMILES string of the molecule is COc1cccc2cc(C(=O)Nc3nccs3)c(=Nc3ccc(C(C)C)cc3)oc12. The van der Waals surface area contributed by atoms with E-state index in [4.69, 9.17) is 9.15 Å². The second-order valence-corrected chi connectivity index (χ2v) is 7.89. The molecule has 4 aromatic rings. The topological polar surface area (TPSA) is 76.7 Å².